The van der Waals surface area contributed by atoms with Crippen molar-refractivity contribution in [3.8, 4) is 0 Å². The Morgan fingerprint density at radius 2 is 1.39 bits per heavy atom. The maximum atomic E-state index is 12.5. The molecule has 1 aromatic carbocycles. The summed E-state index contributed by atoms with van der Waals surface area (Å²) in [6.07, 6.45) is 3.04. The molecule has 2 aromatic rings. The summed E-state index contributed by atoms with van der Waals surface area (Å²) >= 11 is 0. The van der Waals surface area contributed by atoms with Crippen LogP contribution < -0.4 is 0 Å². The molecule has 1 heterocycles. The fraction of sp³-hybridized carbons (Fsp3) is 0.312. The normalized spacial score (nSPS) is 10.7. The van der Waals surface area contributed by atoms with E-state index >= 15 is 0 Å². The second-order valence-corrected chi connectivity index (χ2v) is 4.84. The Balaban J connectivity index is 2.69. The standard InChI is InChI=1S/C16H18O2/c1-9-10(2)12(4)15(13(5)11(9)3)16(17)14-6-7-18-8-14/h6-8H,1-5H3. The van der Waals surface area contributed by atoms with Crippen LogP contribution in [0.3, 0.4) is 0 Å². The highest BCUT2D eigenvalue weighted by atomic mass is 16.3. The molecule has 0 fully saturated rings. The zero-order valence-electron chi connectivity index (χ0n) is 11.5. The first-order valence-corrected chi connectivity index (χ1v) is 6.09. The Morgan fingerprint density at radius 1 is 0.889 bits per heavy atom. The van der Waals surface area contributed by atoms with Gasteiger partial charge in [-0.25, -0.2) is 0 Å². The van der Waals surface area contributed by atoms with E-state index in [2.05, 4.69) is 20.8 Å². The van der Waals surface area contributed by atoms with E-state index in [1.807, 2.05) is 13.8 Å². The molecule has 0 aliphatic rings. The van der Waals surface area contributed by atoms with E-state index in [4.69, 9.17) is 4.42 Å². The predicted molar refractivity (Wildman–Crippen MR) is 72.3 cm³/mol. The van der Waals surface area contributed by atoms with Gasteiger partial charge in [-0.2, -0.15) is 0 Å². The Morgan fingerprint density at radius 3 is 1.83 bits per heavy atom. The summed E-state index contributed by atoms with van der Waals surface area (Å²) < 4.78 is 5.00. The smallest absolute Gasteiger partial charge is 0.196 e. The molecule has 0 aliphatic carbocycles. The van der Waals surface area contributed by atoms with Gasteiger partial charge in [-0.3, -0.25) is 4.79 Å². The van der Waals surface area contributed by atoms with Crippen LogP contribution >= 0.6 is 0 Å². The van der Waals surface area contributed by atoms with Gasteiger partial charge in [0, 0.05) is 5.56 Å². The van der Waals surface area contributed by atoms with E-state index in [0.29, 0.717) is 5.56 Å². The zero-order chi connectivity index (χ0) is 13.4. The van der Waals surface area contributed by atoms with Crippen LogP contribution in [0.4, 0.5) is 0 Å². The van der Waals surface area contributed by atoms with Crippen LogP contribution in [-0.4, -0.2) is 5.78 Å². The van der Waals surface area contributed by atoms with Crippen LogP contribution in [0.1, 0.15) is 43.7 Å². The molecule has 0 bridgehead atoms. The summed E-state index contributed by atoms with van der Waals surface area (Å²) in [5.74, 6) is 0.0463. The minimum Gasteiger partial charge on any atom is -0.472 e. The second kappa shape index (κ2) is 4.45. The highest BCUT2D eigenvalue weighted by Crippen LogP contribution is 2.27. The first-order valence-electron chi connectivity index (χ1n) is 6.09. The molecule has 0 unspecified atom stereocenters. The van der Waals surface area contributed by atoms with Crippen LogP contribution in [-0.2, 0) is 0 Å². The molecule has 0 aliphatic heterocycles. The molecule has 0 radical (unpaired) electrons. The van der Waals surface area contributed by atoms with Gasteiger partial charge in [0.1, 0.15) is 6.26 Å². The SMILES string of the molecule is Cc1c(C)c(C)c(C(=O)c2ccoc2)c(C)c1C. The van der Waals surface area contributed by atoms with Gasteiger partial charge in [-0.1, -0.05) is 0 Å². The van der Waals surface area contributed by atoms with Crippen molar-refractivity contribution in [3.63, 3.8) is 0 Å². The first kappa shape index (κ1) is 12.6. The maximum Gasteiger partial charge on any atom is 0.196 e. The molecular weight excluding hydrogens is 224 g/mol. The highest BCUT2D eigenvalue weighted by molar-refractivity contribution is 6.11. The third-order valence-corrected chi connectivity index (χ3v) is 4.01. The Kier molecular flexibility index (Phi) is 3.12. The summed E-state index contributed by atoms with van der Waals surface area (Å²) in [4.78, 5) is 12.5. The highest BCUT2D eigenvalue weighted by Gasteiger charge is 2.19. The quantitative estimate of drug-likeness (QED) is 0.743. The van der Waals surface area contributed by atoms with E-state index in [1.165, 1.54) is 29.2 Å². The maximum absolute atomic E-state index is 12.5. The van der Waals surface area contributed by atoms with Gasteiger partial charge < -0.3 is 4.42 Å². The van der Waals surface area contributed by atoms with E-state index in [9.17, 15) is 4.79 Å². The van der Waals surface area contributed by atoms with Gasteiger partial charge in [0.15, 0.2) is 5.78 Å². The largest absolute Gasteiger partial charge is 0.472 e. The first-order chi connectivity index (χ1) is 8.45. The summed E-state index contributed by atoms with van der Waals surface area (Å²) in [6.45, 7) is 10.3. The summed E-state index contributed by atoms with van der Waals surface area (Å²) in [6, 6.07) is 1.71. The Hall–Kier alpha value is -1.83. The lowest BCUT2D eigenvalue weighted by molar-refractivity contribution is 0.103. The van der Waals surface area contributed by atoms with Crippen LogP contribution in [0.5, 0.6) is 0 Å². The van der Waals surface area contributed by atoms with Crippen molar-refractivity contribution in [2.45, 2.75) is 34.6 Å². The Labute approximate surface area is 108 Å². The fourth-order valence-corrected chi connectivity index (χ4v) is 2.38. The lowest BCUT2D eigenvalue weighted by Gasteiger charge is -2.17. The predicted octanol–water partition coefficient (Wildman–Crippen LogP) is 4.05. The topological polar surface area (TPSA) is 30.2 Å². The van der Waals surface area contributed by atoms with Crippen molar-refractivity contribution < 1.29 is 9.21 Å². The molecule has 2 rings (SSSR count). The molecule has 0 saturated carbocycles. The van der Waals surface area contributed by atoms with Crippen molar-refractivity contribution in [1.82, 2.24) is 0 Å². The number of hydrogen-bond acceptors (Lipinski definition) is 2. The van der Waals surface area contributed by atoms with E-state index < -0.39 is 0 Å². The molecule has 18 heavy (non-hydrogen) atoms. The van der Waals surface area contributed by atoms with Crippen LogP contribution in [0.2, 0.25) is 0 Å². The van der Waals surface area contributed by atoms with Gasteiger partial charge in [0.25, 0.3) is 0 Å². The molecule has 0 amide bonds. The van der Waals surface area contributed by atoms with Crippen molar-refractivity contribution in [1.29, 1.82) is 0 Å². The second-order valence-electron chi connectivity index (χ2n) is 4.84. The monoisotopic (exact) mass is 242 g/mol. The summed E-state index contributed by atoms with van der Waals surface area (Å²) in [5.41, 5.74) is 7.24. The number of furan rings is 1. The summed E-state index contributed by atoms with van der Waals surface area (Å²) in [5, 5.41) is 0. The number of ketones is 1. The number of rotatable bonds is 2. The van der Waals surface area contributed by atoms with Gasteiger partial charge in [0.05, 0.1) is 11.8 Å². The molecule has 0 saturated heterocycles. The lowest BCUT2D eigenvalue weighted by Crippen LogP contribution is -2.09. The Bertz CT molecular complexity index is 576. The molecule has 94 valence electrons. The number of benzene rings is 1. The van der Waals surface area contributed by atoms with Crippen molar-refractivity contribution in [2.75, 3.05) is 0 Å². The third kappa shape index (κ3) is 1.78. The minimum absolute atomic E-state index is 0.0463. The van der Waals surface area contributed by atoms with Gasteiger partial charge in [-0.15, -0.1) is 0 Å². The molecule has 0 spiro atoms. The zero-order valence-corrected chi connectivity index (χ0v) is 11.5. The number of carbonyl (C=O) groups is 1. The average molecular weight is 242 g/mol. The summed E-state index contributed by atoms with van der Waals surface area (Å²) in [7, 11) is 0. The molecular formula is C16H18O2. The van der Waals surface area contributed by atoms with Gasteiger partial charge in [0.2, 0.25) is 0 Å². The van der Waals surface area contributed by atoms with Crippen LogP contribution in [0.25, 0.3) is 0 Å². The van der Waals surface area contributed by atoms with Gasteiger partial charge >= 0.3 is 0 Å². The fourth-order valence-electron chi connectivity index (χ4n) is 2.38. The van der Waals surface area contributed by atoms with Crippen molar-refractivity contribution in [3.05, 3.63) is 57.5 Å². The molecule has 1 aromatic heterocycles. The molecule has 0 N–H and O–H groups in total. The van der Waals surface area contributed by atoms with E-state index in [0.717, 1.165) is 16.7 Å². The van der Waals surface area contributed by atoms with E-state index in [1.54, 1.807) is 6.07 Å². The van der Waals surface area contributed by atoms with Crippen LogP contribution in [0, 0.1) is 34.6 Å². The molecule has 2 nitrogen and oxygen atoms in total. The molecule has 0 atom stereocenters. The lowest BCUT2D eigenvalue weighted by atomic mass is 9.86. The average Bonchev–Trinajstić information content (AvgIpc) is 2.88. The number of hydrogen-bond donors (Lipinski definition) is 0. The van der Waals surface area contributed by atoms with Crippen LogP contribution in [0.15, 0.2) is 23.0 Å². The van der Waals surface area contributed by atoms with E-state index in [-0.39, 0.29) is 5.78 Å². The van der Waals surface area contributed by atoms with Crippen molar-refractivity contribution in [2.24, 2.45) is 0 Å². The van der Waals surface area contributed by atoms with Gasteiger partial charge in [-0.05, 0) is 68.5 Å². The third-order valence-electron chi connectivity index (χ3n) is 4.01. The number of carbonyl (C=O) groups excluding carboxylic acids is 1. The molecule has 2 heteroatoms. The minimum atomic E-state index is 0.0463. The van der Waals surface area contributed by atoms with Crippen molar-refractivity contribution >= 4 is 5.78 Å².